The van der Waals surface area contributed by atoms with Gasteiger partial charge in [-0.25, -0.2) is 9.97 Å². The van der Waals surface area contributed by atoms with E-state index in [9.17, 15) is 0 Å². The fraction of sp³-hybridized carbons (Fsp3) is 0.100. The van der Waals surface area contributed by atoms with Crippen molar-refractivity contribution >= 4 is 28.3 Å². The summed E-state index contributed by atoms with van der Waals surface area (Å²) < 4.78 is 1.70. The quantitative estimate of drug-likeness (QED) is 0.541. The highest BCUT2D eigenvalue weighted by atomic mass is 35.5. The summed E-state index contributed by atoms with van der Waals surface area (Å²) in [6, 6.07) is 9.49. The number of nitrogen functional groups attached to an aromatic ring is 1. The number of benzene rings is 1. The third-order valence-corrected chi connectivity index (χ3v) is 4.34. The van der Waals surface area contributed by atoms with Crippen molar-refractivity contribution in [3.05, 3.63) is 53.4 Å². The molecule has 132 valence electrons. The van der Waals surface area contributed by atoms with Gasteiger partial charge in [0.05, 0.1) is 16.2 Å². The van der Waals surface area contributed by atoms with Gasteiger partial charge in [-0.15, -0.1) is 0 Å². The first-order valence-corrected chi connectivity index (χ1v) is 8.59. The van der Waals surface area contributed by atoms with Gasteiger partial charge in [0.1, 0.15) is 11.4 Å². The number of nitrogens with zero attached hydrogens (tertiary/aromatic N) is 5. The molecule has 0 fully saturated rings. The first kappa shape index (κ1) is 17.0. The van der Waals surface area contributed by atoms with Crippen molar-refractivity contribution in [2.75, 3.05) is 5.73 Å². The third-order valence-electron chi connectivity index (χ3n) is 4.05. The van der Waals surface area contributed by atoms with Gasteiger partial charge < -0.3 is 5.73 Å². The van der Waals surface area contributed by atoms with Gasteiger partial charge in [-0.2, -0.15) is 5.10 Å². The monoisotopic (exact) mass is 374 g/mol. The lowest BCUT2D eigenvalue weighted by Crippen LogP contribution is -2.04. The molecule has 7 heteroatoms. The van der Waals surface area contributed by atoms with Gasteiger partial charge in [-0.3, -0.25) is 9.67 Å². The zero-order valence-electron chi connectivity index (χ0n) is 14.7. The molecule has 0 unspecified atom stereocenters. The molecular formula is C20H15ClN6. The minimum atomic E-state index is 0.266. The van der Waals surface area contributed by atoms with Crippen LogP contribution in [0.25, 0.3) is 33.5 Å². The maximum absolute atomic E-state index is 6.46. The summed E-state index contributed by atoms with van der Waals surface area (Å²) in [5, 5.41) is 5.90. The van der Waals surface area contributed by atoms with Gasteiger partial charge in [-0.1, -0.05) is 23.6 Å². The lowest BCUT2D eigenvalue weighted by atomic mass is 10.0. The van der Waals surface area contributed by atoms with Crippen LogP contribution in [0.1, 0.15) is 12.6 Å². The van der Waals surface area contributed by atoms with E-state index in [2.05, 4.69) is 31.9 Å². The van der Waals surface area contributed by atoms with Crippen LogP contribution in [0.3, 0.4) is 0 Å². The van der Waals surface area contributed by atoms with Crippen molar-refractivity contribution in [1.82, 2.24) is 24.7 Å². The van der Waals surface area contributed by atoms with Crippen molar-refractivity contribution in [3.63, 3.8) is 0 Å². The smallest absolute Gasteiger partial charge is 0.158 e. The Kier molecular flexibility index (Phi) is 4.22. The van der Waals surface area contributed by atoms with E-state index < -0.39 is 0 Å². The molecule has 0 bridgehead atoms. The van der Waals surface area contributed by atoms with Gasteiger partial charge in [0.2, 0.25) is 0 Å². The van der Waals surface area contributed by atoms with Crippen LogP contribution in [-0.4, -0.2) is 24.7 Å². The largest absolute Gasteiger partial charge is 0.381 e. The molecule has 6 nitrogen and oxygen atoms in total. The molecule has 0 saturated heterocycles. The number of nitrogens with two attached hydrogens (primary N) is 1. The van der Waals surface area contributed by atoms with Gasteiger partial charge in [0.25, 0.3) is 0 Å². The van der Waals surface area contributed by atoms with E-state index in [1.807, 2.05) is 43.6 Å². The van der Waals surface area contributed by atoms with E-state index in [-0.39, 0.29) is 5.82 Å². The van der Waals surface area contributed by atoms with Crippen molar-refractivity contribution < 1.29 is 0 Å². The second-order valence-corrected chi connectivity index (χ2v) is 6.34. The molecule has 0 saturated carbocycles. The van der Waals surface area contributed by atoms with E-state index in [1.54, 1.807) is 17.8 Å². The van der Waals surface area contributed by atoms with Crippen LogP contribution in [0.5, 0.6) is 0 Å². The Morgan fingerprint density at radius 3 is 2.74 bits per heavy atom. The lowest BCUT2D eigenvalue weighted by Gasteiger charge is -2.11. The predicted octanol–water partition coefficient (Wildman–Crippen LogP) is 3.70. The number of fused-ring (bicyclic) bond motifs is 1. The average Bonchev–Trinajstić information content (AvgIpc) is 3.09. The molecule has 4 rings (SSSR count). The maximum Gasteiger partial charge on any atom is 0.158 e. The Morgan fingerprint density at radius 2 is 2.00 bits per heavy atom. The molecule has 0 aliphatic heterocycles. The van der Waals surface area contributed by atoms with Gasteiger partial charge in [-0.05, 0) is 37.1 Å². The van der Waals surface area contributed by atoms with E-state index >= 15 is 0 Å². The van der Waals surface area contributed by atoms with Crippen LogP contribution >= 0.6 is 11.6 Å². The molecule has 0 spiro atoms. The summed E-state index contributed by atoms with van der Waals surface area (Å²) in [5.41, 5.74) is 9.90. The highest BCUT2D eigenvalue weighted by Gasteiger charge is 2.18. The zero-order chi connectivity index (χ0) is 19.0. The van der Waals surface area contributed by atoms with Crippen LogP contribution in [-0.2, 0) is 7.05 Å². The molecule has 0 amide bonds. The number of aryl methyl sites for hydroxylation is 1. The van der Waals surface area contributed by atoms with E-state index in [0.717, 1.165) is 16.5 Å². The second kappa shape index (κ2) is 6.71. The van der Waals surface area contributed by atoms with Crippen LogP contribution < -0.4 is 5.73 Å². The van der Waals surface area contributed by atoms with E-state index in [0.29, 0.717) is 27.8 Å². The maximum atomic E-state index is 6.46. The molecule has 2 N–H and O–H groups in total. The summed E-state index contributed by atoms with van der Waals surface area (Å²) >= 11 is 6.46. The lowest BCUT2D eigenvalue weighted by molar-refractivity contribution is 0.770. The molecule has 0 aliphatic carbocycles. The second-order valence-electron chi connectivity index (χ2n) is 5.94. The summed E-state index contributed by atoms with van der Waals surface area (Å²) in [6.07, 6.45) is 3.55. The molecular weight excluding hydrogens is 360 g/mol. The molecule has 0 atom stereocenters. The normalized spacial score (nSPS) is 10.6. The topological polar surface area (TPSA) is 82.5 Å². The Hall–Kier alpha value is -3.43. The van der Waals surface area contributed by atoms with Crippen LogP contribution in [0.4, 0.5) is 5.82 Å². The van der Waals surface area contributed by atoms with Crippen LogP contribution in [0.2, 0.25) is 5.02 Å². The van der Waals surface area contributed by atoms with Crippen molar-refractivity contribution in [1.29, 1.82) is 0 Å². The Morgan fingerprint density at radius 1 is 1.15 bits per heavy atom. The number of halogens is 1. The standard InChI is InChI=1S/C20H15ClN6/c1-3-5-16-20(22)25-19(15-7-9-27(2)26-15)18(24-16)13-10-12-6-4-8-23-17(12)14(21)11-13/h4,6-11H,1-2H3,(H2,22,25). The molecule has 1 aromatic carbocycles. The fourth-order valence-corrected chi connectivity index (χ4v) is 3.14. The Labute approximate surface area is 161 Å². The highest BCUT2D eigenvalue weighted by molar-refractivity contribution is 6.35. The summed E-state index contributed by atoms with van der Waals surface area (Å²) in [6.45, 7) is 1.73. The van der Waals surface area contributed by atoms with E-state index in [1.165, 1.54) is 0 Å². The molecule has 0 radical (unpaired) electrons. The van der Waals surface area contributed by atoms with Gasteiger partial charge in [0, 0.05) is 30.4 Å². The highest BCUT2D eigenvalue weighted by Crippen LogP contribution is 2.34. The summed E-state index contributed by atoms with van der Waals surface area (Å²) in [5.74, 6) is 5.99. The van der Waals surface area contributed by atoms with Crippen molar-refractivity contribution in [2.24, 2.45) is 7.05 Å². The van der Waals surface area contributed by atoms with Crippen molar-refractivity contribution in [3.8, 4) is 34.5 Å². The predicted molar refractivity (Wildman–Crippen MR) is 107 cm³/mol. The first-order valence-electron chi connectivity index (χ1n) is 8.21. The Bertz CT molecular complexity index is 1230. The minimum absolute atomic E-state index is 0.266. The van der Waals surface area contributed by atoms with Crippen molar-refractivity contribution in [2.45, 2.75) is 6.92 Å². The number of rotatable bonds is 2. The molecule has 0 aliphatic rings. The number of anilines is 1. The molecule has 4 aromatic rings. The average molecular weight is 375 g/mol. The van der Waals surface area contributed by atoms with Crippen LogP contribution in [0.15, 0.2) is 42.7 Å². The fourth-order valence-electron chi connectivity index (χ4n) is 2.86. The number of aromatic nitrogens is 5. The number of hydrogen-bond acceptors (Lipinski definition) is 5. The van der Waals surface area contributed by atoms with Crippen LogP contribution in [0, 0.1) is 11.8 Å². The van der Waals surface area contributed by atoms with Gasteiger partial charge >= 0.3 is 0 Å². The number of pyridine rings is 1. The third kappa shape index (κ3) is 3.09. The zero-order valence-corrected chi connectivity index (χ0v) is 15.5. The Balaban J connectivity index is 2.03. The molecule has 3 aromatic heterocycles. The summed E-state index contributed by atoms with van der Waals surface area (Å²) in [4.78, 5) is 13.6. The SMILES string of the molecule is CC#Cc1nc(-c2cc(Cl)c3ncccc3c2)c(-c2ccn(C)n2)nc1N. The molecule has 27 heavy (non-hydrogen) atoms. The number of hydrogen-bond donors (Lipinski definition) is 1. The van der Waals surface area contributed by atoms with E-state index in [4.69, 9.17) is 17.3 Å². The van der Waals surface area contributed by atoms with Gasteiger partial charge in [0.15, 0.2) is 11.5 Å². The molecule has 3 heterocycles. The minimum Gasteiger partial charge on any atom is -0.381 e. The first-order chi connectivity index (χ1) is 13.1. The summed E-state index contributed by atoms with van der Waals surface area (Å²) in [7, 11) is 1.84.